The number of quaternary nitrogens is 1. The van der Waals surface area contributed by atoms with E-state index in [2.05, 4.69) is 4.90 Å². The Morgan fingerprint density at radius 2 is 1.67 bits per heavy atom. The second-order valence-corrected chi connectivity index (χ2v) is 6.02. The number of hydrogen-bond donors (Lipinski definition) is 2. The molecule has 1 amide bonds. The molecule has 0 saturated carbocycles. The molecule has 0 bridgehead atoms. The molecule has 3 rings (SSSR count). The largest absolute Gasteiger partial charge is 0.508 e. The van der Waals surface area contributed by atoms with E-state index in [1.807, 2.05) is 17.0 Å². The number of benzene rings is 1. The van der Waals surface area contributed by atoms with Crippen LogP contribution >= 0.6 is 0 Å². The third kappa shape index (κ3) is 3.47. The second kappa shape index (κ2) is 6.35. The molecular weight excluding hydrogens is 266 g/mol. The quantitative estimate of drug-likeness (QED) is 0.805. The number of aromatic hydroxyl groups is 1. The fraction of sp³-hybridized carbons (Fsp3) is 0.562. The lowest BCUT2D eigenvalue weighted by Gasteiger charge is -2.36. The van der Waals surface area contributed by atoms with Crippen molar-refractivity contribution >= 4 is 11.6 Å². The number of nitrogens with one attached hydrogen (secondary N) is 1. The Balaban J connectivity index is 1.50. The molecule has 5 nitrogen and oxygen atoms in total. The highest BCUT2D eigenvalue weighted by Crippen LogP contribution is 2.19. The standard InChI is InChI=1S/C16H23N3O2/c20-15-5-3-14(4-6-15)18-9-11-19(12-10-18)16(21)13-17-7-1-2-8-17/h3-6,20H,1-2,7-13H2/p+1. The van der Waals surface area contributed by atoms with Gasteiger partial charge in [-0.25, -0.2) is 0 Å². The van der Waals surface area contributed by atoms with Gasteiger partial charge in [-0.1, -0.05) is 0 Å². The summed E-state index contributed by atoms with van der Waals surface area (Å²) in [6, 6.07) is 7.29. The third-order valence-corrected chi connectivity index (χ3v) is 4.56. The minimum Gasteiger partial charge on any atom is -0.508 e. The van der Waals surface area contributed by atoms with Crippen molar-refractivity contribution < 1.29 is 14.8 Å². The first-order valence-corrected chi connectivity index (χ1v) is 7.88. The lowest BCUT2D eigenvalue weighted by atomic mass is 10.2. The summed E-state index contributed by atoms with van der Waals surface area (Å²) in [4.78, 5) is 18.0. The van der Waals surface area contributed by atoms with Crippen LogP contribution in [0.5, 0.6) is 5.75 Å². The van der Waals surface area contributed by atoms with E-state index in [0.717, 1.165) is 45.0 Å². The van der Waals surface area contributed by atoms with Crippen LogP contribution in [0.2, 0.25) is 0 Å². The van der Waals surface area contributed by atoms with Crippen LogP contribution in [-0.2, 0) is 4.79 Å². The first-order chi connectivity index (χ1) is 10.2. The average molecular weight is 290 g/mol. The van der Waals surface area contributed by atoms with Crippen molar-refractivity contribution in [2.24, 2.45) is 0 Å². The minimum absolute atomic E-state index is 0.293. The van der Waals surface area contributed by atoms with Gasteiger partial charge in [0.15, 0.2) is 6.54 Å². The van der Waals surface area contributed by atoms with Gasteiger partial charge in [-0.3, -0.25) is 4.79 Å². The summed E-state index contributed by atoms with van der Waals surface area (Å²) in [5.74, 6) is 0.596. The van der Waals surface area contributed by atoms with Gasteiger partial charge in [0.1, 0.15) is 5.75 Å². The van der Waals surface area contributed by atoms with E-state index in [-0.39, 0.29) is 0 Å². The predicted octanol–water partition coefficient (Wildman–Crippen LogP) is -0.280. The zero-order chi connectivity index (χ0) is 14.7. The fourth-order valence-corrected chi connectivity index (χ4v) is 3.25. The number of likely N-dealkylation sites (tertiary alicyclic amines) is 1. The van der Waals surface area contributed by atoms with Crippen molar-refractivity contribution in [3.63, 3.8) is 0 Å². The van der Waals surface area contributed by atoms with E-state index in [1.165, 1.54) is 17.7 Å². The topological polar surface area (TPSA) is 48.2 Å². The third-order valence-electron chi connectivity index (χ3n) is 4.56. The van der Waals surface area contributed by atoms with Crippen LogP contribution in [-0.4, -0.2) is 61.7 Å². The van der Waals surface area contributed by atoms with E-state index >= 15 is 0 Å². The van der Waals surface area contributed by atoms with Crippen LogP contribution in [0.4, 0.5) is 5.69 Å². The van der Waals surface area contributed by atoms with E-state index in [1.54, 1.807) is 12.1 Å². The summed E-state index contributed by atoms with van der Waals surface area (Å²) < 4.78 is 0. The number of carbonyl (C=O) groups excluding carboxylic acids is 1. The van der Waals surface area contributed by atoms with Crippen molar-refractivity contribution in [1.82, 2.24) is 4.90 Å². The zero-order valence-electron chi connectivity index (χ0n) is 12.4. The van der Waals surface area contributed by atoms with Crippen molar-refractivity contribution in [1.29, 1.82) is 0 Å². The molecule has 1 aromatic rings. The summed E-state index contributed by atoms with van der Waals surface area (Å²) in [7, 11) is 0. The van der Waals surface area contributed by atoms with Crippen molar-refractivity contribution in [3.8, 4) is 5.75 Å². The molecule has 0 aliphatic carbocycles. The number of amides is 1. The molecule has 2 fully saturated rings. The highest BCUT2D eigenvalue weighted by Gasteiger charge is 2.25. The summed E-state index contributed by atoms with van der Waals surface area (Å²) >= 11 is 0. The maximum absolute atomic E-state index is 12.3. The number of nitrogens with zero attached hydrogens (tertiary/aromatic N) is 2. The van der Waals surface area contributed by atoms with E-state index in [9.17, 15) is 9.90 Å². The van der Waals surface area contributed by atoms with Gasteiger partial charge in [0.25, 0.3) is 5.91 Å². The van der Waals surface area contributed by atoms with Gasteiger partial charge in [-0.15, -0.1) is 0 Å². The molecule has 5 heteroatoms. The maximum Gasteiger partial charge on any atom is 0.277 e. The fourth-order valence-electron chi connectivity index (χ4n) is 3.25. The van der Waals surface area contributed by atoms with Gasteiger partial charge in [0.2, 0.25) is 0 Å². The van der Waals surface area contributed by atoms with Crippen LogP contribution in [0.3, 0.4) is 0 Å². The molecule has 2 aliphatic rings. The van der Waals surface area contributed by atoms with E-state index in [0.29, 0.717) is 18.2 Å². The first kappa shape index (κ1) is 14.2. The van der Waals surface area contributed by atoms with Gasteiger partial charge in [0, 0.05) is 44.7 Å². The Bertz CT molecular complexity index is 475. The highest BCUT2D eigenvalue weighted by molar-refractivity contribution is 5.77. The molecule has 0 radical (unpaired) electrons. The monoisotopic (exact) mass is 290 g/mol. The minimum atomic E-state index is 0.293. The van der Waals surface area contributed by atoms with E-state index < -0.39 is 0 Å². The Morgan fingerprint density at radius 3 is 2.29 bits per heavy atom. The molecule has 0 atom stereocenters. The highest BCUT2D eigenvalue weighted by atomic mass is 16.3. The Hall–Kier alpha value is -1.75. The maximum atomic E-state index is 12.3. The zero-order valence-corrected chi connectivity index (χ0v) is 12.4. The molecule has 1 aromatic carbocycles. The van der Waals surface area contributed by atoms with Crippen LogP contribution in [0.1, 0.15) is 12.8 Å². The normalized spacial score (nSPS) is 20.0. The molecular formula is C16H24N3O2+. The van der Waals surface area contributed by atoms with Gasteiger partial charge < -0.3 is 19.8 Å². The summed E-state index contributed by atoms with van der Waals surface area (Å²) in [5, 5.41) is 9.33. The first-order valence-electron chi connectivity index (χ1n) is 7.88. The lowest BCUT2D eigenvalue weighted by molar-refractivity contribution is -0.879. The number of hydrogen-bond acceptors (Lipinski definition) is 3. The van der Waals surface area contributed by atoms with Crippen LogP contribution < -0.4 is 9.80 Å². The molecule has 2 saturated heterocycles. The molecule has 0 spiro atoms. The van der Waals surface area contributed by atoms with Gasteiger partial charge in [-0.05, 0) is 24.3 Å². The molecule has 21 heavy (non-hydrogen) atoms. The molecule has 114 valence electrons. The van der Waals surface area contributed by atoms with Gasteiger partial charge in [-0.2, -0.15) is 0 Å². The van der Waals surface area contributed by atoms with Crippen molar-refractivity contribution in [2.75, 3.05) is 50.7 Å². The van der Waals surface area contributed by atoms with Gasteiger partial charge >= 0.3 is 0 Å². The lowest BCUT2D eigenvalue weighted by Crippen LogP contribution is -3.11. The number of phenols is 1. The molecule has 2 heterocycles. The van der Waals surface area contributed by atoms with Crippen molar-refractivity contribution in [2.45, 2.75) is 12.8 Å². The van der Waals surface area contributed by atoms with E-state index in [4.69, 9.17) is 0 Å². The Kier molecular flexibility index (Phi) is 4.29. The summed E-state index contributed by atoms with van der Waals surface area (Å²) in [5.41, 5.74) is 1.12. The van der Waals surface area contributed by atoms with Crippen molar-refractivity contribution in [3.05, 3.63) is 24.3 Å². The number of anilines is 1. The smallest absolute Gasteiger partial charge is 0.277 e. The van der Waals surface area contributed by atoms with Crippen LogP contribution in [0, 0.1) is 0 Å². The number of carbonyl (C=O) groups is 1. The second-order valence-electron chi connectivity index (χ2n) is 6.02. The number of phenolic OH excluding ortho intramolecular Hbond substituents is 1. The Morgan fingerprint density at radius 1 is 1.05 bits per heavy atom. The van der Waals surface area contributed by atoms with Crippen LogP contribution in [0.15, 0.2) is 24.3 Å². The molecule has 0 aromatic heterocycles. The number of piperazine rings is 1. The molecule has 2 aliphatic heterocycles. The molecule has 0 unspecified atom stereocenters. The average Bonchev–Trinajstić information content (AvgIpc) is 3.01. The summed E-state index contributed by atoms with van der Waals surface area (Å²) in [6.45, 7) is 6.30. The SMILES string of the molecule is O=C(C[NH+]1CCCC1)N1CCN(c2ccc(O)cc2)CC1. The Labute approximate surface area is 125 Å². The molecule has 2 N–H and O–H groups in total. The van der Waals surface area contributed by atoms with Crippen LogP contribution in [0.25, 0.3) is 0 Å². The number of rotatable bonds is 3. The summed E-state index contributed by atoms with van der Waals surface area (Å²) in [6.07, 6.45) is 2.52. The van der Waals surface area contributed by atoms with Gasteiger partial charge in [0.05, 0.1) is 13.1 Å². The predicted molar refractivity (Wildman–Crippen MR) is 81.7 cm³/mol.